The van der Waals surface area contributed by atoms with E-state index in [1.807, 2.05) is 6.92 Å². The zero-order chi connectivity index (χ0) is 13.1. The lowest BCUT2D eigenvalue weighted by Crippen LogP contribution is -1.92. The second kappa shape index (κ2) is 5.14. The highest BCUT2D eigenvalue weighted by atomic mass is 79.9. The number of nitro benzene ring substituents is 1. The molecule has 0 radical (unpaired) electrons. The van der Waals surface area contributed by atoms with Crippen LogP contribution in [0, 0.1) is 17.0 Å². The Bertz CT molecular complexity index is 602. The molecule has 0 aliphatic rings. The van der Waals surface area contributed by atoms with Crippen LogP contribution in [-0.2, 0) is 0 Å². The Labute approximate surface area is 112 Å². The van der Waals surface area contributed by atoms with Crippen LogP contribution in [0.3, 0.4) is 0 Å². The first-order valence-electron chi connectivity index (χ1n) is 5.10. The summed E-state index contributed by atoms with van der Waals surface area (Å²) in [5.74, 6) is 0.970. The molecule has 1 aromatic carbocycles. The van der Waals surface area contributed by atoms with E-state index < -0.39 is 4.92 Å². The van der Waals surface area contributed by atoms with Gasteiger partial charge in [0, 0.05) is 16.7 Å². The Kier molecular flexibility index (Phi) is 3.57. The smallest absolute Gasteiger partial charge is 0.273 e. The summed E-state index contributed by atoms with van der Waals surface area (Å²) in [6, 6.07) is 6.24. The van der Waals surface area contributed by atoms with Crippen LogP contribution < -0.4 is 4.74 Å². The average molecular weight is 309 g/mol. The van der Waals surface area contributed by atoms with Gasteiger partial charge in [0.05, 0.1) is 17.2 Å². The number of ether oxygens (including phenoxy) is 1. The van der Waals surface area contributed by atoms with Gasteiger partial charge in [-0.2, -0.15) is 0 Å². The summed E-state index contributed by atoms with van der Waals surface area (Å²) >= 11 is 3.28. The third-order valence-electron chi connectivity index (χ3n) is 2.29. The molecule has 0 saturated heterocycles. The van der Waals surface area contributed by atoms with Gasteiger partial charge in [-0.05, 0) is 40.5 Å². The van der Waals surface area contributed by atoms with E-state index in [0.29, 0.717) is 11.5 Å². The Morgan fingerprint density at radius 1 is 1.33 bits per heavy atom. The number of halogens is 1. The van der Waals surface area contributed by atoms with Gasteiger partial charge < -0.3 is 4.74 Å². The van der Waals surface area contributed by atoms with E-state index in [-0.39, 0.29) is 5.69 Å². The molecule has 0 spiro atoms. The predicted molar refractivity (Wildman–Crippen MR) is 69.8 cm³/mol. The van der Waals surface area contributed by atoms with Crippen LogP contribution >= 0.6 is 15.9 Å². The summed E-state index contributed by atoms with van der Waals surface area (Å²) < 4.78 is 6.36. The molecule has 5 nitrogen and oxygen atoms in total. The van der Waals surface area contributed by atoms with E-state index >= 15 is 0 Å². The Morgan fingerprint density at radius 3 is 2.78 bits per heavy atom. The number of nitro groups is 1. The molecule has 0 aliphatic carbocycles. The molecule has 0 aliphatic heterocycles. The van der Waals surface area contributed by atoms with Gasteiger partial charge in [-0.3, -0.25) is 15.1 Å². The third-order valence-corrected chi connectivity index (χ3v) is 2.72. The monoisotopic (exact) mass is 308 g/mol. The van der Waals surface area contributed by atoms with E-state index in [2.05, 4.69) is 20.9 Å². The fourth-order valence-electron chi connectivity index (χ4n) is 1.39. The minimum Gasteiger partial charge on any atom is -0.455 e. The van der Waals surface area contributed by atoms with Crippen molar-refractivity contribution in [2.45, 2.75) is 6.92 Å². The molecule has 0 atom stereocenters. The van der Waals surface area contributed by atoms with Gasteiger partial charge in [-0.1, -0.05) is 0 Å². The summed E-state index contributed by atoms with van der Waals surface area (Å²) in [7, 11) is 0. The van der Waals surface area contributed by atoms with Crippen LogP contribution in [0.25, 0.3) is 0 Å². The number of hydrogen-bond donors (Lipinski definition) is 0. The molecule has 6 heteroatoms. The van der Waals surface area contributed by atoms with E-state index in [9.17, 15) is 10.1 Å². The maximum atomic E-state index is 10.7. The summed E-state index contributed by atoms with van der Waals surface area (Å²) in [4.78, 5) is 14.2. The molecule has 0 saturated carbocycles. The van der Waals surface area contributed by atoms with Gasteiger partial charge in [0.2, 0.25) is 0 Å². The molecule has 0 fully saturated rings. The lowest BCUT2D eigenvalue weighted by Gasteiger charge is -2.08. The summed E-state index contributed by atoms with van der Waals surface area (Å²) in [6.45, 7) is 1.82. The number of benzene rings is 1. The van der Waals surface area contributed by atoms with Gasteiger partial charge in [-0.15, -0.1) is 0 Å². The highest BCUT2D eigenvalue weighted by Gasteiger charge is 2.10. The van der Waals surface area contributed by atoms with E-state index in [0.717, 1.165) is 10.0 Å². The van der Waals surface area contributed by atoms with Crippen molar-refractivity contribution in [2.75, 3.05) is 0 Å². The molecule has 2 rings (SSSR count). The van der Waals surface area contributed by atoms with Crippen molar-refractivity contribution in [3.05, 3.63) is 56.8 Å². The van der Waals surface area contributed by atoms with E-state index in [1.54, 1.807) is 24.5 Å². The normalized spacial score (nSPS) is 10.1. The van der Waals surface area contributed by atoms with Crippen LogP contribution in [0.4, 0.5) is 5.69 Å². The second-order valence-electron chi connectivity index (χ2n) is 3.65. The minimum atomic E-state index is -0.453. The topological polar surface area (TPSA) is 65.3 Å². The number of aromatic nitrogens is 1. The van der Waals surface area contributed by atoms with Crippen molar-refractivity contribution in [2.24, 2.45) is 0 Å². The highest BCUT2D eigenvalue weighted by molar-refractivity contribution is 9.10. The van der Waals surface area contributed by atoms with Gasteiger partial charge in [0.25, 0.3) is 5.69 Å². The molecule has 0 N–H and O–H groups in total. The minimum absolute atomic E-state index is 0.00134. The van der Waals surface area contributed by atoms with Crippen molar-refractivity contribution in [3.63, 3.8) is 0 Å². The van der Waals surface area contributed by atoms with Crippen molar-refractivity contribution in [1.82, 2.24) is 4.98 Å². The number of rotatable bonds is 3. The second-order valence-corrected chi connectivity index (χ2v) is 4.56. The zero-order valence-corrected chi connectivity index (χ0v) is 11.0. The molecular weight excluding hydrogens is 300 g/mol. The number of hydrogen-bond acceptors (Lipinski definition) is 4. The van der Waals surface area contributed by atoms with Crippen molar-refractivity contribution in [3.8, 4) is 11.5 Å². The maximum Gasteiger partial charge on any atom is 0.273 e. The number of pyridine rings is 1. The quantitative estimate of drug-likeness (QED) is 0.638. The zero-order valence-electron chi connectivity index (χ0n) is 9.46. The van der Waals surface area contributed by atoms with Crippen molar-refractivity contribution < 1.29 is 9.66 Å². The molecule has 1 aromatic heterocycles. The Hall–Kier alpha value is -1.95. The summed E-state index contributed by atoms with van der Waals surface area (Å²) in [5.41, 5.74) is 0.819. The first kappa shape index (κ1) is 12.5. The average Bonchev–Trinajstić information content (AvgIpc) is 2.31. The molecule has 0 amide bonds. The molecule has 2 aromatic rings. The molecule has 92 valence electrons. The van der Waals surface area contributed by atoms with Gasteiger partial charge >= 0.3 is 0 Å². The first-order chi connectivity index (χ1) is 8.56. The molecule has 1 heterocycles. The lowest BCUT2D eigenvalue weighted by molar-refractivity contribution is -0.384. The van der Waals surface area contributed by atoms with Crippen LogP contribution in [0.1, 0.15) is 5.56 Å². The SMILES string of the molecule is Cc1ccc([N+](=O)[O-])cc1Oc1cncc(Br)c1. The summed E-state index contributed by atoms with van der Waals surface area (Å²) in [5, 5.41) is 10.7. The third kappa shape index (κ3) is 2.84. The number of aryl methyl sites for hydroxylation is 1. The Morgan fingerprint density at radius 2 is 2.11 bits per heavy atom. The van der Waals surface area contributed by atoms with Crippen LogP contribution in [-0.4, -0.2) is 9.91 Å². The summed E-state index contributed by atoms with van der Waals surface area (Å²) in [6.07, 6.45) is 3.18. The van der Waals surface area contributed by atoms with Crippen molar-refractivity contribution in [1.29, 1.82) is 0 Å². The molecule has 0 bridgehead atoms. The van der Waals surface area contributed by atoms with Crippen LogP contribution in [0.15, 0.2) is 41.1 Å². The van der Waals surface area contributed by atoms with Gasteiger partial charge in [-0.25, -0.2) is 0 Å². The Balaban J connectivity index is 2.33. The first-order valence-corrected chi connectivity index (χ1v) is 5.89. The van der Waals surface area contributed by atoms with Crippen LogP contribution in [0.2, 0.25) is 0 Å². The van der Waals surface area contributed by atoms with E-state index in [4.69, 9.17) is 4.74 Å². The number of nitrogens with zero attached hydrogens (tertiary/aromatic N) is 2. The van der Waals surface area contributed by atoms with Gasteiger partial charge in [0.1, 0.15) is 11.5 Å². The van der Waals surface area contributed by atoms with Crippen molar-refractivity contribution >= 4 is 21.6 Å². The van der Waals surface area contributed by atoms with Gasteiger partial charge in [0.15, 0.2) is 0 Å². The largest absolute Gasteiger partial charge is 0.455 e. The molecular formula is C12H9BrN2O3. The predicted octanol–water partition coefficient (Wildman–Crippen LogP) is 3.85. The fourth-order valence-corrected chi connectivity index (χ4v) is 1.73. The fraction of sp³-hybridized carbons (Fsp3) is 0.0833. The molecule has 18 heavy (non-hydrogen) atoms. The lowest BCUT2D eigenvalue weighted by atomic mass is 10.2. The maximum absolute atomic E-state index is 10.7. The highest BCUT2D eigenvalue weighted by Crippen LogP contribution is 2.29. The van der Waals surface area contributed by atoms with E-state index in [1.165, 1.54) is 12.1 Å². The van der Waals surface area contributed by atoms with Crippen LogP contribution in [0.5, 0.6) is 11.5 Å². The number of non-ortho nitro benzene ring substituents is 1. The molecule has 0 unspecified atom stereocenters. The standard InChI is InChI=1S/C12H9BrN2O3/c1-8-2-3-10(15(16)17)5-12(8)18-11-4-9(13)6-14-7-11/h2-7H,1H3.